The van der Waals surface area contributed by atoms with Gasteiger partial charge >= 0.3 is 6.18 Å². The molecular weight excluding hydrogens is 331 g/mol. The number of fused-ring (bicyclic) bond motifs is 2. The molecule has 0 N–H and O–H groups in total. The Labute approximate surface area is 142 Å². The third-order valence-corrected chi connectivity index (χ3v) is 5.27. The van der Waals surface area contributed by atoms with E-state index in [1.807, 2.05) is 0 Å². The van der Waals surface area contributed by atoms with E-state index in [1.165, 1.54) is 30.1 Å². The number of halogens is 3. The van der Waals surface area contributed by atoms with Crippen molar-refractivity contribution in [1.29, 1.82) is 0 Å². The molecule has 1 saturated carbocycles. The molecule has 0 bridgehead atoms. The van der Waals surface area contributed by atoms with Gasteiger partial charge in [0, 0.05) is 18.3 Å². The van der Waals surface area contributed by atoms with Crippen molar-refractivity contribution in [3.05, 3.63) is 65.7 Å². The highest BCUT2D eigenvalue weighted by Crippen LogP contribution is 2.71. The Kier molecular flexibility index (Phi) is 3.14. The first-order valence-corrected chi connectivity index (χ1v) is 7.85. The quantitative estimate of drug-likeness (QED) is 0.780. The zero-order valence-electron chi connectivity index (χ0n) is 13.2. The van der Waals surface area contributed by atoms with Crippen LogP contribution in [-0.2, 0) is 10.2 Å². The molecule has 1 fully saturated rings. The minimum Gasteiger partial charge on any atom is -0.314 e. The van der Waals surface area contributed by atoms with Gasteiger partial charge in [0.25, 0.3) is 0 Å². The van der Waals surface area contributed by atoms with Gasteiger partial charge in [-0.25, -0.2) is 0 Å². The topological polar surface area (TPSA) is 37.4 Å². The molecule has 0 aromatic heterocycles. The highest BCUT2D eigenvalue weighted by atomic mass is 19.4. The van der Waals surface area contributed by atoms with Crippen LogP contribution in [0.5, 0.6) is 0 Å². The predicted molar refractivity (Wildman–Crippen MR) is 85.3 cm³/mol. The molecule has 3 nitrogen and oxygen atoms in total. The Morgan fingerprint density at radius 3 is 2.28 bits per heavy atom. The van der Waals surface area contributed by atoms with Gasteiger partial charge < -0.3 is 4.90 Å². The number of carbonyl (C=O) groups is 2. The summed E-state index contributed by atoms with van der Waals surface area (Å²) in [5.74, 6) is -4.72. The van der Waals surface area contributed by atoms with Crippen molar-refractivity contribution in [2.24, 2.45) is 11.8 Å². The van der Waals surface area contributed by atoms with Crippen LogP contribution in [0.25, 0.3) is 0 Å². The lowest BCUT2D eigenvalue weighted by Crippen LogP contribution is -2.33. The molecule has 2 unspecified atom stereocenters. The molecule has 1 aliphatic carbocycles. The number of likely N-dealkylation sites (N-methyl/N-ethyl adjacent to an activating group) is 1. The molecule has 1 aliphatic heterocycles. The SMILES string of the molecule is CN1C(=O)[C@@]2(c3ccccc31)C(C(=O)c1ccccc1)C2C(F)(F)F. The number of para-hydroxylation sites is 1. The smallest absolute Gasteiger partial charge is 0.314 e. The zero-order chi connectivity index (χ0) is 18.0. The number of nitrogens with zero attached hydrogens (tertiary/aromatic N) is 1. The van der Waals surface area contributed by atoms with Crippen molar-refractivity contribution in [1.82, 2.24) is 0 Å². The summed E-state index contributed by atoms with van der Waals surface area (Å²) in [5, 5.41) is 0. The molecule has 0 radical (unpaired) electrons. The van der Waals surface area contributed by atoms with Gasteiger partial charge in [0.15, 0.2) is 5.78 Å². The molecule has 128 valence electrons. The lowest BCUT2D eigenvalue weighted by molar-refractivity contribution is -0.157. The monoisotopic (exact) mass is 345 g/mol. The molecule has 2 aromatic carbocycles. The number of hydrogen-bond donors (Lipinski definition) is 0. The Morgan fingerprint density at radius 1 is 1.04 bits per heavy atom. The number of amides is 1. The Hall–Kier alpha value is -2.63. The first-order chi connectivity index (χ1) is 11.8. The van der Waals surface area contributed by atoms with Gasteiger partial charge in [-0.1, -0.05) is 48.5 Å². The minimum atomic E-state index is -4.64. The summed E-state index contributed by atoms with van der Waals surface area (Å²) >= 11 is 0. The number of Topliss-reactive ketones (excluding diaryl/α,β-unsaturated/α-hetero) is 1. The van der Waals surface area contributed by atoms with Crippen LogP contribution in [0.3, 0.4) is 0 Å². The van der Waals surface area contributed by atoms with Crippen molar-refractivity contribution < 1.29 is 22.8 Å². The highest BCUT2D eigenvalue weighted by Gasteiger charge is 2.83. The number of benzene rings is 2. The molecule has 1 amide bonds. The maximum absolute atomic E-state index is 13.7. The van der Waals surface area contributed by atoms with Gasteiger partial charge in [0.1, 0.15) is 0 Å². The van der Waals surface area contributed by atoms with Gasteiger partial charge in [-0.3, -0.25) is 9.59 Å². The molecule has 25 heavy (non-hydrogen) atoms. The predicted octanol–water partition coefficient (Wildman–Crippen LogP) is 3.59. The largest absolute Gasteiger partial charge is 0.393 e. The van der Waals surface area contributed by atoms with Crippen LogP contribution in [0.1, 0.15) is 15.9 Å². The third-order valence-electron chi connectivity index (χ3n) is 5.27. The molecule has 1 heterocycles. The molecular formula is C19H14F3NO2. The lowest BCUT2D eigenvalue weighted by atomic mass is 9.91. The summed E-state index contributed by atoms with van der Waals surface area (Å²) in [6.07, 6.45) is -4.64. The third kappa shape index (κ3) is 1.94. The summed E-state index contributed by atoms with van der Waals surface area (Å²) in [6, 6.07) is 14.2. The van der Waals surface area contributed by atoms with Crippen LogP contribution in [0.15, 0.2) is 54.6 Å². The summed E-state index contributed by atoms with van der Waals surface area (Å²) in [7, 11) is 1.45. The normalized spacial score (nSPS) is 27.5. The van der Waals surface area contributed by atoms with E-state index in [9.17, 15) is 22.8 Å². The van der Waals surface area contributed by atoms with Crippen LogP contribution in [0, 0.1) is 11.8 Å². The minimum absolute atomic E-state index is 0.193. The number of ketones is 1. The van der Waals surface area contributed by atoms with Crippen LogP contribution in [-0.4, -0.2) is 24.9 Å². The van der Waals surface area contributed by atoms with E-state index in [-0.39, 0.29) is 5.56 Å². The molecule has 2 aliphatic rings. The van der Waals surface area contributed by atoms with Crippen molar-refractivity contribution in [2.75, 3.05) is 11.9 Å². The van der Waals surface area contributed by atoms with Crippen molar-refractivity contribution in [2.45, 2.75) is 11.6 Å². The number of rotatable bonds is 2. The molecule has 3 atom stereocenters. The Bertz CT molecular complexity index is 878. The standard InChI is InChI=1S/C19H14F3NO2/c1-23-13-10-6-5-9-12(13)18(17(23)25)14(16(18)19(20,21)22)15(24)11-7-3-2-4-8-11/h2-10,14,16H,1H3/t14?,16?,18-/m0/s1. The van der Waals surface area contributed by atoms with E-state index in [1.54, 1.807) is 36.4 Å². The van der Waals surface area contributed by atoms with Crippen LogP contribution in [0.2, 0.25) is 0 Å². The van der Waals surface area contributed by atoms with Crippen molar-refractivity contribution in [3.63, 3.8) is 0 Å². The fraction of sp³-hybridized carbons (Fsp3) is 0.263. The summed E-state index contributed by atoms with van der Waals surface area (Å²) in [4.78, 5) is 26.9. The van der Waals surface area contributed by atoms with E-state index in [4.69, 9.17) is 0 Å². The Morgan fingerprint density at radius 2 is 1.64 bits per heavy atom. The van der Waals surface area contributed by atoms with Gasteiger partial charge in [-0.2, -0.15) is 13.2 Å². The average Bonchev–Trinajstić information content (AvgIpc) is 3.27. The molecule has 4 rings (SSSR count). The summed E-state index contributed by atoms with van der Waals surface area (Å²) < 4.78 is 41.2. The number of alkyl halides is 3. The van der Waals surface area contributed by atoms with Crippen LogP contribution < -0.4 is 4.90 Å². The Balaban J connectivity index is 1.88. The first kappa shape index (κ1) is 15.9. The van der Waals surface area contributed by atoms with E-state index in [0.717, 1.165) is 0 Å². The highest BCUT2D eigenvalue weighted by molar-refractivity contribution is 6.17. The van der Waals surface area contributed by atoms with Gasteiger partial charge in [0.2, 0.25) is 5.91 Å². The average molecular weight is 345 g/mol. The summed E-state index contributed by atoms with van der Waals surface area (Å²) in [6.45, 7) is 0. The number of carbonyl (C=O) groups excluding carboxylic acids is 2. The van der Waals surface area contributed by atoms with Gasteiger partial charge in [-0.05, 0) is 11.6 Å². The van der Waals surface area contributed by atoms with E-state index < -0.39 is 35.1 Å². The first-order valence-electron chi connectivity index (χ1n) is 7.85. The van der Waals surface area contributed by atoms with E-state index in [2.05, 4.69) is 0 Å². The maximum Gasteiger partial charge on any atom is 0.393 e. The van der Waals surface area contributed by atoms with Crippen LogP contribution in [0.4, 0.5) is 18.9 Å². The number of hydrogen-bond acceptors (Lipinski definition) is 2. The van der Waals surface area contributed by atoms with Crippen molar-refractivity contribution >= 4 is 17.4 Å². The van der Waals surface area contributed by atoms with Gasteiger partial charge in [-0.15, -0.1) is 0 Å². The van der Waals surface area contributed by atoms with Gasteiger partial charge in [0.05, 0.1) is 17.3 Å². The molecule has 1 spiro atoms. The number of anilines is 1. The molecule has 6 heteroatoms. The van der Waals surface area contributed by atoms with Crippen molar-refractivity contribution in [3.8, 4) is 0 Å². The molecule has 2 aromatic rings. The second-order valence-corrected chi connectivity index (χ2v) is 6.48. The second kappa shape index (κ2) is 4.94. The zero-order valence-corrected chi connectivity index (χ0v) is 13.2. The second-order valence-electron chi connectivity index (χ2n) is 6.48. The van der Waals surface area contributed by atoms with E-state index >= 15 is 0 Å². The fourth-order valence-corrected chi connectivity index (χ4v) is 4.19. The van der Waals surface area contributed by atoms with E-state index in [0.29, 0.717) is 11.3 Å². The fourth-order valence-electron chi connectivity index (χ4n) is 4.19. The van der Waals surface area contributed by atoms with Crippen LogP contribution >= 0.6 is 0 Å². The summed E-state index contributed by atoms with van der Waals surface area (Å²) in [5.41, 5.74) is -0.918. The maximum atomic E-state index is 13.7. The molecule has 0 saturated heterocycles. The lowest BCUT2D eigenvalue weighted by Gasteiger charge is -2.12.